The number of hydrogen-bond acceptors (Lipinski definition) is 3. The molecular weight excluding hydrogens is 164 g/mol. The van der Waals surface area contributed by atoms with Gasteiger partial charge in [-0.25, -0.2) is 4.98 Å². The molecule has 0 atom stereocenters. The molecule has 1 N–H and O–H groups in total. The Kier molecular flexibility index (Phi) is 2.08. The highest BCUT2D eigenvalue weighted by Crippen LogP contribution is 2.30. The Morgan fingerprint density at radius 1 is 1.46 bits per heavy atom. The highest BCUT2D eigenvalue weighted by molar-refractivity contribution is 5.50. The van der Waals surface area contributed by atoms with Crippen LogP contribution < -0.4 is 10.1 Å². The van der Waals surface area contributed by atoms with E-state index in [0.29, 0.717) is 6.10 Å². The first-order valence-electron chi connectivity index (χ1n) is 4.61. The minimum absolute atomic E-state index is 0.427. The fourth-order valence-corrected chi connectivity index (χ4v) is 1.18. The number of ether oxygens (including phenoxy) is 1. The molecule has 1 saturated carbocycles. The number of nitrogens with one attached hydrogen (secondary N) is 1. The fourth-order valence-electron chi connectivity index (χ4n) is 1.18. The van der Waals surface area contributed by atoms with Crippen molar-refractivity contribution >= 4 is 5.82 Å². The molecule has 1 heterocycles. The molecule has 70 valence electrons. The van der Waals surface area contributed by atoms with E-state index in [4.69, 9.17) is 4.74 Å². The molecule has 1 aliphatic carbocycles. The second-order valence-electron chi connectivity index (χ2n) is 3.37. The van der Waals surface area contributed by atoms with Gasteiger partial charge in [-0.05, 0) is 31.9 Å². The molecule has 0 spiro atoms. The van der Waals surface area contributed by atoms with Gasteiger partial charge in [-0.15, -0.1) is 0 Å². The van der Waals surface area contributed by atoms with Crippen molar-refractivity contribution in [1.82, 2.24) is 4.98 Å². The van der Waals surface area contributed by atoms with Crippen LogP contribution in [0.4, 0.5) is 5.82 Å². The Bertz CT molecular complexity index is 308. The first kappa shape index (κ1) is 8.35. The lowest BCUT2D eigenvalue weighted by Gasteiger charge is -2.09. The van der Waals surface area contributed by atoms with Gasteiger partial charge in [0.1, 0.15) is 0 Å². The van der Waals surface area contributed by atoms with Gasteiger partial charge >= 0.3 is 0 Å². The summed E-state index contributed by atoms with van der Waals surface area (Å²) in [7, 11) is 1.86. The van der Waals surface area contributed by atoms with E-state index in [1.807, 2.05) is 26.1 Å². The van der Waals surface area contributed by atoms with E-state index in [1.165, 1.54) is 12.8 Å². The maximum absolute atomic E-state index is 5.68. The third-order valence-corrected chi connectivity index (χ3v) is 2.05. The third-order valence-electron chi connectivity index (χ3n) is 2.05. The average Bonchev–Trinajstić information content (AvgIpc) is 2.92. The Balaban J connectivity index is 2.21. The van der Waals surface area contributed by atoms with Crippen molar-refractivity contribution in [3.63, 3.8) is 0 Å². The van der Waals surface area contributed by atoms with Crippen LogP contribution in [0.2, 0.25) is 0 Å². The molecule has 0 saturated heterocycles. The fraction of sp³-hybridized carbons (Fsp3) is 0.500. The van der Waals surface area contributed by atoms with Gasteiger partial charge in [0.25, 0.3) is 0 Å². The molecule has 0 amide bonds. The predicted octanol–water partition coefficient (Wildman–Crippen LogP) is 1.97. The van der Waals surface area contributed by atoms with Gasteiger partial charge in [0, 0.05) is 12.7 Å². The van der Waals surface area contributed by atoms with E-state index in [2.05, 4.69) is 10.3 Å². The first-order chi connectivity index (χ1) is 6.29. The second-order valence-corrected chi connectivity index (χ2v) is 3.37. The summed E-state index contributed by atoms with van der Waals surface area (Å²) in [5.74, 6) is 1.71. The molecule has 0 aromatic carbocycles. The number of aromatic nitrogens is 1. The molecule has 1 aliphatic rings. The normalized spacial score (nSPS) is 15.5. The lowest BCUT2D eigenvalue weighted by molar-refractivity contribution is 0.303. The van der Waals surface area contributed by atoms with Crippen LogP contribution in [0.1, 0.15) is 18.5 Å². The van der Waals surface area contributed by atoms with Gasteiger partial charge in [-0.1, -0.05) is 0 Å². The largest absolute Gasteiger partial charge is 0.487 e. The van der Waals surface area contributed by atoms with Crippen LogP contribution >= 0.6 is 0 Å². The topological polar surface area (TPSA) is 34.2 Å². The summed E-state index contributed by atoms with van der Waals surface area (Å²) < 4.78 is 5.68. The Morgan fingerprint density at radius 2 is 2.23 bits per heavy atom. The predicted molar refractivity (Wildman–Crippen MR) is 52.2 cm³/mol. The lowest BCUT2D eigenvalue weighted by atomic mass is 10.3. The number of pyridine rings is 1. The third kappa shape index (κ3) is 1.91. The minimum Gasteiger partial charge on any atom is -0.487 e. The van der Waals surface area contributed by atoms with Crippen LogP contribution in [0.5, 0.6) is 5.75 Å². The zero-order chi connectivity index (χ0) is 9.26. The monoisotopic (exact) mass is 178 g/mol. The van der Waals surface area contributed by atoms with Crippen LogP contribution in [0, 0.1) is 6.92 Å². The molecule has 0 radical (unpaired) electrons. The molecule has 13 heavy (non-hydrogen) atoms. The number of nitrogens with zero attached hydrogens (tertiary/aromatic N) is 1. The highest BCUT2D eigenvalue weighted by Gasteiger charge is 2.24. The molecule has 0 bridgehead atoms. The van der Waals surface area contributed by atoms with Crippen molar-refractivity contribution in [3.8, 4) is 5.75 Å². The summed E-state index contributed by atoms with van der Waals surface area (Å²) >= 11 is 0. The molecule has 1 aromatic heterocycles. The van der Waals surface area contributed by atoms with Gasteiger partial charge in [0.2, 0.25) is 0 Å². The van der Waals surface area contributed by atoms with Gasteiger partial charge in [-0.3, -0.25) is 0 Å². The van der Waals surface area contributed by atoms with E-state index in [1.54, 1.807) is 0 Å². The molecule has 2 rings (SSSR count). The highest BCUT2D eigenvalue weighted by atomic mass is 16.5. The number of rotatable bonds is 3. The van der Waals surface area contributed by atoms with Gasteiger partial charge in [-0.2, -0.15) is 0 Å². The number of anilines is 1. The van der Waals surface area contributed by atoms with Gasteiger partial charge < -0.3 is 10.1 Å². The first-order valence-corrected chi connectivity index (χ1v) is 4.61. The van der Waals surface area contributed by atoms with Crippen LogP contribution in [0.25, 0.3) is 0 Å². The number of hydrogen-bond donors (Lipinski definition) is 1. The molecule has 1 aromatic rings. The molecular formula is C10H14N2O. The Labute approximate surface area is 78.1 Å². The molecule has 0 aliphatic heterocycles. The van der Waals surface area contributed by atoms with E-state index >= 15 is 0 Å². The van der Waals surface area contributed by atoms with Crippen molar-refractivity contribution < 1.29 is 4.74 Å². The van der Waals surface area contributed by atoms with Gasteiger partial charge in [0.15, 0.2) is 11.6 Å². The smallest absolute Gasteiger partial charge is 0.168 e. The Morgan fingerprint density at radius 3 is 2.85 bits per heavy atom. The maximum Gasteiger partial charge on any atom is 0.168 e. The van der Waals surface area contributed by atoms with Crippen molar-refractivity contribution in [1.29, 1.82) is 0 Å². The van der Waals surface area contributed by atoms with Crippen LogP contribution in [-0.2, 0) is 0 Å². The second kappa shape index (κ2) is 3.24. The summed E-state index contributed by atoms with van der Waals surface area (Å²) in [6.45, 7) is 1.97. The molecule has 3 nitrogen and oxygen atoms in total. The van der Waals surface area contributed by atoms with Crippen molar-refractivity contribution in [2.45, 2.75) is 25.9 Å². The zero-order valence-corrected chi connectivity index (χ0v) is 8.00. The average molecular weight is 178 g/mol. The van der Waals surface area contributed by atoms with E-state index in [9.17, 15) is 0 Å². The van der Waals surface area contributed by atoms with Crippen LogP contribution in [0.3, 0.4) is 0 Å². The Hall–Kier alpha value is -1.25. The quantitative estimate of drug-likeness (QED) is 0.768. The molecule has 0 unspecified atom stereocenters. The van der Waals surface area contributed by atoms with Crippen LogP contribution in [-0.4, -0.2) is 18.1 Å². The summed E-state index contributed by atoms with van der Waals surface area (Å²) in [6, 6.07) is 3.95. The summed E-state index contributed by atoms with van der Waals surface area (Å²) in [4.78, 5) is 4.34. The standard InChI is InChI=1S/C10H14N2O/c1-7-3-6-9(10(11-2)12-7)13-8-4-5-8/h3,6,8H,4-5H2,1-2H3,(H,11,12). The molecule has 3 heteroatoms. The van der Waals surface area contributed by atoms with E-state index in [0.717, 1.165) is 17.3 Å². The lowest BCUT2D eigenvalue weighted by Crippen LogP contribution is -2.02. The summed E-state index contributed by atoms with van der Waals surface area (Å²) in [5.41, 5.74) is 1.01. The maximum atomic E-state index is 5.68. The minimum atomic E-state index is 0.427. The summed E-state index contributed by atoms with van der Waals surface area (Å²) in [6.07, 6.45) is 2.78. The van der Waals surface area contributed by atoms with E-state index < -0.39 is 0 Å². The van der Waals surface area contributed by atoms with E-state index in [-0.39, 0.29) is 0 Å². The van der Waals surface area contributed by atoms with Crippen molar-refractivity contribution in [3.05, 3.63) is 17.8 Å². The SMILES string of the molecule is CNc1nc(C)ccc1OC1CC1. The zero-order valence-electron chi connectivity index (χ0n) is 8.00. The van der Waals surface area contributed by atoms with Gasteiger partial charge in [0.05, 0.1) is 6.10 Å². The van der Waals surface area contributed by atoms with Crippen molar-refractivity contribution in [2.75, 3.05) is 12.4 Å². The van der Waals surface area contributed by atoms with Crippen LogP contribution in [0.15, 0.2) is 12.1 Å². The molecule has 1 fully saturated rings. The summed E-state index contributed by atoms with van der Waals surface area (Å²) in [5, 5.41) is 3.03. The van der Waals surface area contributed by atoms with Crippen molar-refractivity contribution in [2.24, 2.45) is 0 Å². The number of aryl methyl sites for hydroxylation is 1.